The average Bonchev–Trinajstić information content (AvgIpc) is 2.80. The van der Waals surface area contributed by atoms with Crippen LogP contribution in [0, 0.1) is 0 Å². The molecular weight excluding hydrogens is 248 g/mol. The molecule has 0 aromatic carbocycles. The summed E-state index contributed by atoms with van der Waals surface area (Å²) in [6, 6.07) is 1.75. The summed E-state index contributed by atoms with van der Waals surface area (Å²) in [7, 11) is 0. The molecule has 8 nitrogen and oxygen atoms in total. The Bertz CT molecular complexity index is 650. The van der Waals surface area contributed by atoms with E-state index >= 15 is 0 Å². The van der Waals surface area contributed by atoms with Crippen molar-refractivity contribution in [1.82, 2.24) is 14.4 Å². The van der Waals surface area contributed by atoms with Crippen molar-refractivity contribution in [3.63, 3.8) is 0 Å². The molecule has 0 aliphatic carbocycles. The fourth-order valence-electron chi connectivity index (χ4n) is 1.44. The van der Waals surface area contributed by atoms with E-state index in [-0.39, 0.29) is 12.3 Å². The third kappa shape index (κ3) is 2.88. The highest BCUT2D eigenvalue weighted by Gasteiger charge is 2.10. The van der Waals surface area contributed by atoms with Crippen LogP contribution in [0.4, 0.5) is 0 Å². The van der Waals surface area contributed by atoms with Gasteiger partial charge < -0.3 is 4.74 Å². The van der Waals surface area contributed by atoms with Crippen LogP contribution >= 0.6 is 0 Å². The summed E-state index contributed by atoms with van der Waals surface area (Å²) in [5, 5.41) is 3.31. The second-order valence-electron chi connectivity index (χ2n) is 3.43. The van der Waals surface area contributed by atoms with Crippen LogP contribution in [0.25, 0.3) is 22.3 Å². The monoisotopic (exact) mass is 258 g/mol. The van der Waals surface area contributed by atoms with E-state index in [9.17, 15) is 4.79 Å². The minimum absolute atomic E-state index is 0.146. The van der Waals surface area contributed by atoms with E-state index in [0.717, 1.165) is 0 Å². The molecule has 0 aliphatic rings. The van der Waals surface area contributed by atoms with Crippen LogP contribution in [0.1, 0.15) is 12.6 Å². The maximum Gasteiger partial charge on any atom is 0.340 e. The molecule has 0 radical (unpaired) electrons. The third-order valence-electron chi connectivity index (χ3n) is 2.18. The van der Waals surface area contributed by atoms with Gasteiger partial charge in [0, 0.05) is 23.5 Å². The topological polar surface area (TPSA) is 105 Å². The highest BCUT2D eigenvalue weighted by atomic mass is 16.5. The van der Waals surface area contributed by atoms with Crippen molar-refractivity contribution in [3.05, 3.63) is 46.5 Å². The molecule has 96 valence electrons. The highest BCUT2D eigenvalue weighted by molar-refractivity contribution is 5.93. The molecule has 2 rings (SSSR count). The van der Waals surface area contributed by atoms with Crippen LogP contribution in [0.3, 0.4) is 0 Å². The molecule has 2 heterocycles. The van der Waals surface area contributed by atoms with Gasteiger partial charge >= 0.3 is 5.97 Å². The van der Waals surface area contributed by atoms with Crippen LogP contribution in [-0.2, 0) is 9.53 Å². The molecule has 0 atom stereocenters. The van der Waals surface area contributed by atoms with Crippen molar-refractivity contribution in [2.24, 2.45) is 5.11 Å². The molecular formula is C11H10N6O2. The standard InChI is InChI=1S/C11H10N6O2/c1-2-19-10(18)9(15-16-12)6-8-7-17-5-3-4-13-11(17)14-8/h3-7H,2H2,1H3/b9-6-. The van der Waals surface area contributed by atoms with Gasteiger partial charge in [-0.2, -0.15) is 0 Å². The van der Waals surface area contributed by atoms with E-state index < -0.39 is 5.97 Å². The smallest absolute Gasteiger partial charge is 0.340 e. The van der Waals surface area contributed by atoms with Crippen LogP contribution in [-0.4, -0.2) is 26.9 Å². The van der Waals surface area contributed by atoms with E-state index in [1.165, 1.54) is 6.08 Å². The first-order valence-electron chi connectivity index (χ1n) is 5.48. The van der Waals surface area contributed by atoms with Gasteiger partial charge in [0.1, 0.15) is 5.70 Å². The van der Waals surface area contributed by atoms with Crippen LogP contribution in [0.2, 0.25) is 0 Å². The summed E-state index contributed by atoms with van der Waals surface area (Å²) in [6.07, 6.45) is 6.39. The summed E-state index contributed by atoms with van der Waals surface area (Å²) in [4.78, 5) is 22.3. The van der Waals surface area contributed by atoms with Crippen molar-refractivity contribution < 1.29 is 9.53 Å². The highest BCUT2D eigenvalue weighted by Crippen LogP contribution is 2.10. The summed E-state index contributed by atoms with van der Waals surface area (Å²) in [6.45, 7) is 1.87. The molecule has 19 heavy (non-hydrogen) atoms. The molecule has 0 unspecified atom stereocenters. The van der Waals surface area contributed by atoms with Gasteiger partial charge in [0.15, 0.2) is 0 Å². The quantitative estimate of drug-likeness (QED) is 0.274. The van der Waals surface area contributed by atoms with Crippen LogP contribution in [0.5, 0.6) is 0 Å². The average molecular weight is 258 g/mol. The number of azide groups is 1. The third-order valence-corrected chi connectivity index (χ3v) is 2.18. The number of nitrogens with zero attached hydrogens (tertiary/aromatic N) is 6. The number of hydrogen-bond donors (Lipinski definition) is 0. The molecule has 0 bridgehead atoms. The number of rotatable bonds is 4. The number of ether oxygens (including phenoxy) is 1. The SMILES string of the molecule is CCOC(=O)/C(=C/c1cn2cccnc2n1)N=[N+]=[N-]. The van der Waals surface area contributed by atoms with Crippen molar-refractivity contribution >= 4 is 17.8 Å². The Hall–Kier alpha value is -2.86. The van der Waals surface area contributed by atoms with E-state index in [0.29, 0.717) is 11.5 Å². The molecule has 8 heteroatoms. The summed E-state index contributed by atoms with van der Waals surface area (Å²) >= 11 is 0. The largest absolute Gasteiger partial charge is 0.462 e. The first kappa shape index (κ1) is 12.6. The molecule has 0 spiro atoms. The lowest BCUT2D eigenvalue weighted by Crippen LogP contribution is -2.05. The van der Waals surface area contributed by atoms with E-state index in [2.05, 4.69) is 20.0 Å². The van der Waals surface area contributed by atoms with Gasteiger partial charge in [-0.15, -0.1) is 0 Å². The lowest BCUT2D eigenvalue weighted by molar-refractivity contribution is -0.138. The van der Waals surface area contributed by atoms with Crippen LogP contribution in [0.15, 0.2) is 35.5 Å². The number of hydrogen-bond acceptors (Lipinski definition) is 5. The fourth-order valence-corrected chi connectivity index (χ4v) is 1.44. The lowest BCUT2D eigenvalue weighted by Gasteiger charge is -1.99. The zero-order valence-electron chi connectivity index (χ0n) is 10.1. The normalized spacial score (nSPS) is 11.1. The summed E-state index contributed by atoms with van der Waals surface area (Å²) in [5.74, 6) is -0.205. The lowest BCUT2D eigenvalue weighted by atomic mass is 10.3. The number of carbonyl (C=O) groups is 1. The van der Waals surface area contributed by atoms with E-state index in [4.69, 9.17) is 10.3 Å². The minimum Gasteiger partial charge on any atom is -0.462 e. The first-order valence-corrected chi connectivity index (χ1v) is 5.48. The molecule has 0 aliphatic heterocycles. The number of aromatic nitrogens is 3. The predicted octanol–water partition coefficient (Wildman–Crippen LogP) is 1.94. The Morgan fingerprint density at radius 2 is 2.53 bits per heavy atom. The van der Waals surface area contributed by atoms with Gasteiger partial charge in [0.05, 0.1) is 12.3 Å². The van der Waals surface area contributed by atoms with Crippen molar-refractivity contribution in [2.45, 2.75) is 6.92 Å². The molecule has 0 fully saturated rings. The van der Waals surface area contributed by atoms with E-state index in [1.54, 1.807) is 36.0 Å². The van der Waals surface area contributed by atoms with Crippen molar-refractivity contribution in [3.8, 4) is 0 Å². The molecule has 2 aromatic rings. The van der Waals surface area contributed by atoms with Crippen molar-refractivity contribution in [2.75, 3.05) is 6.61 Å². The maximum absolute atomic E-state index is 11.5. The molecule has 0 amide bonds. The van der Waals surface area contributed by atoms with Crippen molar-refractivity contribution in [1.29, 1.82) is 0 Å². The first-order chi connectivity index (χ1) is 9.24. The Kier molecular flexibility index (Phi) is 3.75. The zero-order chi connectivity index (χ0) is 13.7. The second-order valence-corrected chi connectivity index (χ2v) is 3.43. The minimum atomic E-state index is -0.690. The van der Waals surface area contributed by atoms with Gasteiger partial charge in [-0.05, 0) is 24.6 Å². The van der Waals surface area contributed by atoms with Gasteiger partial charge in [-0.25, -0.2) is 14.8 Å². The summed E-state index contributed by atoms with van der Waals surface area (Å²) in [5.41, 5.74) is 8.75. The van der Waals surface area contributed by atoms with Gasteiger partial charge in [0.25, 0.3) is 0 Å². The van der Waals surface area contributed by atoms with Gasteiger partial charge in [-0.3, -0.25) is 4.40 Å². The fraction of sp³-hybridized carbons (Fsp3) is 0.182. The van der Waals surface area contributed by atoms with E-state index in [1.807, 2.05) is 0 Å². The number of fused-ring (bicyclic) bond motifs is 1. The number of carbonyl (C=O) groups excluding carboxylic acids is 1. The molecule has 2 aromatic heterocycles. The van der Waals surface area contributed by atoms with Gasteiger partial charge in [-0.1, -0.05) is 5.11 Å². The number of imidazole rings is 1. The molecule has 0 saturated carbocycles. The Balaban J connectivity index is 2.39. The predicted molar refractivity (Wildman–Crippen MR) is 66.7 cm³/mol. The summed E-state index contributed by atoms with van der Waals surface area (Å²) < 4.78 is 6.47. The second kappa shape index (κ2) is 5.65. The molecule has 0 N–H and O–H groups in total. The van der Waals surface area contributed by atoms with Gasteiger partial charge in [0.2, 0.25) is 5.78 Å². The van der Waals surface area contributed by atoms with Crippen LogP contribution < -0.4 is 0 Å². The Labute approximate surface area is 108 Å². The zero-order valence-corrected chi connectivity index (χ0v) is 10.1. The molecule has 0 saturated heterocycles. The maximum atomic E-state index is 11.5. The Morgan fingerprint density at radius 1 is 1.68 bits per heavy atom. The number of esters is 1. The Morgan fingerprint density at radius 3 is 3.21 bits per heavy atom.